The van der Waals surface area contributed by atoms with Crippen LogP contribution in [-0.2, 0) is 11.3 Å². The molecule has 29 heavy (non-hydrogen) atoms. The SMILES string of the molecule is C=CCNC(=O)NC(=O)CSc1nnc(-c2ccc(Cl)cc2)n1Cc1ccco1. The molecule has 3 aromatic rings. The van der Waals surface area contributed by atoms with Crippen LogP contribution in [0.3, 0.4) is 0 Å². The van der Waals surface area contributed by atoms with Gasteiger partial charge in [0.2, 0.25) is 5.91 Å². The Morgan fingerprint density at radius 1 is 1.24 bits per heavy atom. The Bertz CT molecular complexity index is 986. The number of nitrogens with one attached hydrogen (secondary N) is 2. The molecular weight excluding hydrogens is 414 g/mol. The maximum atomic E-state index is 12.0. The topological polar surface area (TPSA) is 102 Å². The van der Waals surface area contributed by atoms with Gasteiger partial charge in [-0.15, -0.1) is 16.8 Å². The Hall–Kier alpha value is -3.04. The van der Waals surface area contributed by atoms with E-state index in [4.69, 9.17) is 16.0 Å². The van der Waals surface area contributed by atoms with Crippen LogP contribution in [0.5, 0.6) is 0 Å². The van der Waals surface area contributed by atoms with E-state index < -0.39 is 11.9 Å². The van der Waals surface area contributed by atoms with E-state index in [9.17, 15) is 9.59 Å². The number of halogens is 1. The quantitative estimate of drug-likeness (QED) is 0.419. The predicted molar refractivity (Wildman–Crippen MR) is 111 cm³/mol. The first-order valence-corrected chi connectivity index (χ1v) is 9.96. The number of rotatable bonds is 8. The van der Waals surface area contributed by atoms with Crippen molar-refractivity contribution in [3.63, 3.8) is 0 Å². The molecule has 0 bridgehead atoms. The van der Waals surface area contributed by atoms with Crippen LogP contribution in [0.4, 0.5) is 4.79 Å². The van der Waals surface area contributed by atoms with Crippen molar-refractivity contribution in [2.45, 2.75) is 11.7 Å². The molecule has 10 heteroatoms. The highest BCUT2D eigenvalue weighted by molar-refractivity contribution is 7.99. The Balaban J connectivity index is 1.75. The summed E-state index contributed by atoms with van der Waals surface area (Å²) < 4.78 is 7.29. The number of aromatic nitrogens is 3. The van der Waals surface area contributed by atoms with Crippen LogP contribution >= 0.6 is 23.4 Å². The molecule has 150 valence electrons. The number of benzene rings is 1. The van der Waals surface area contributed by atoms with Gasteiger partial charge in [0.15, 0.2) is 11.0 Å². The molecule has 0 saturated heterocycles. The monoisotopic (exact) mass is 431 g/mol. The number of hydrogen-bond acceptors (Lipinski definition) is 6. The summed E-state index contributed by atoms with van der Waals surface area (Å²) >= 11 is 7.14. The lowest BCUT2D eigenvalue weighted by Gasteiger charge is -2.09. The van der Waals surface area contributed by atoms with Gasteiger partial charge in [-0.05, 0) is 36.4 Å². The predicted octanol–water partition coefficient (Wildman–Crippen LogP) is 3.34. The van der Waals surface area contributed by atoms with Crippen molar-refractivity contribution in [1.82, 2.24) is 25.4 Å². The van der Waals surface area contributed by atoms with Crippen molar-refractivity contribution >= 4 is 35.3 Å². The summed E-state index contributed by atoms with van der Waals surface area (Å²) in [5.41, 5.74) is 0.827. The van der Waals surface area contributed by atoms with Crippen LogP contribution in [-0.4, -0.2) is 39.0 Å². The van der Waals surface area contributed by atoms with Gasteiger partial charge < -0.3 is 9.73 Å². The smallest absolute Gasteiger partial charge is 0.321 e. The minimum atomic E-state index is -0.575. The minimum Gasteiger partial charge on any atom is -0.467 e. The second-order valence-corrected chi connectivity index (χ2v) is 7.19. The van der Waals surface area contributed by atoms with E-state index in [2.05, 4.69) is 27.4 Å². The molecule has 0 atom stereocenters. The average Bonchev–Trinajstić information content (AvgIpc) is 3.36. The molecule has 8 nitrogen and oxygen atoms in total. The summed E-state index contributed by atoms with van der Waals surface area (Å²) in [6.07, 6.45) is 3.11. The molecule has 0 spiro atoms. The lowest BCUT2D eigenvalue weighted by atomic mass is 10.2. The van der Waals surface area contributed by atoms with Crippen LogP contribution < -0.4 is 10.6 Å². The van der Waals surface area contributed by atoms with Crippen molar-refractivity contribution in [3.05, 3.63) is 66.1 Å². The van der Waals surface area contributed by atoms with E-state index in [1.165, 1.54) is 17.8 Å². The molecule has 0 aliphatic heterocycles. The first-order chi connectivity index (χ1) is 14.1. The second kappa shape index (κ2) is 9.94. The molecule has 0 unspecified atom stereocenters. The van der Waals surface area contributed by atoms with Gasteiger partial charge in [-0.1, -0.05) is 29.4 Å². The zero-order valence-corrected chi connectivity index (χ0v) is 16.9. The molecule has 0 aliphatic carbocycles. The lowest BCUT2D eigenvalue weighted by Crippen LogP contribution is -2.40. The summed E-state index contributed by atoms with van der Waals surface area (Å²) in [6, 6.07) is 10.3. The Kier molecular flexibility index (Phi) is 7.09. The Morgan fingerprint density at radius 3 is 2.72 bits per heavy atom. The summed E-state index contributed by atoms with van der Waals surface area (Å²) in [5, 5.41) is 14.3. The third-order valence-corrected chi connectivity index (χ3v) is 4.92. The summed E-state index contributed by atoms with van der Waals surface area (Å²) in [7, 11) is 0. The number of hydrogen-bond donors (Lipinski definition) is 2. The maximum Gasteiger partial charge on any atom is 0.321 e. The second-order valence-electron chi connectivity index (χ2n) is 5.81. The molecule has 0 fully saturated rings. The fourth-order valence-corrected chi connectivity index (χ4v) is 3.27. The van der Waals surface area contributed by atoms with E-state index in [0.717, 1.165) is 11.3 Å². The van der Waals surface area contributed by atoms with E-state index in [1.807, 2.05) is 22.8 Å². The number of carbonyl (C=O) groups excluding carboxylic acids is 2. The van der Waals surface area contributed by atoms with E-state index in [-0.39, 0.29) is 12.3 Å². The van der Waals surface area contributed by atoms with Crippen LogP contribution in [0.25, 0.3) is 11.4 Å². The lowest BCUT2D eigenvalue weighted by molar-refractivity contribution is -0.117. The van der Waals surface area contributed by atoms with Gasteiger partial charge in [0.25, 0.3) is 0 Å². The van der Waals surface area contributed by atoms with Gasteiger partial charge in [0, 0.05) is 17.1 Å². The highest BCUT2D eigenvalue weighted by Gasteiger charge is 2.17. The van der Waals surface area contributed by atoms with Crippen LogP contribution in [0, 0.1) is 0 Å². The van der Waals surface area contributed by atoms with E-state index in [1.54, 1.807) is 24.5 Å². The van der Waals surface area contributed by atoms with Crippen molar-refractivity contribution in [2.24, 2.45) is 0 Å². The van der Waals surface area contributed by atoms with Gasteiger partial charge in [-0.2, -0.15) is 0 Å². The Labute approximate surface area is 176 Å². The molecule has 2 aromatic heterocycles. The molecule has 3 amide bonds. The number of amides is 3. The van der Waals surface area contributed by atoms with Gasteiger partial charge in [-0.3, -0.25) is 14.7 Å². The molecule has 0 radical (unpaired) electrons. The largest absolute Gasteiger partial charge is 0.467 e. The molecule has 2 N–H and O–H groups in total. The first kappa shape index (κ1) is 20.7. The molecule has 0 aliphatic rings. The summed E-state index contributed by atoms with van der Waals surface area (Å²) in [5.74, 6) is 0.885. The third-order valence-electron chi connectivity index (χ3n) is 3.71. The number of urea groups is 1. The standard InChI is InChI=1S/C19H18ClN5O3S/c1-2-9-21-18(27)22-16(26)12-29-19-24-23-17(13-5-7-14(20)8-6-13)25(19)11-15-4-3-10-28-15/h2-8,10H,1,9,11-12H2,(H2,21,22,26,27). The Morgan fingerprint density at radius 2 is 2.03 bits per heavy atom. The van der Waals surface area contributed by atoms with Crippen molar-refractivity contribution in [1.29, 1.82) is 0 Å². The van der Waals surface area contributed by atoms with Crippen molar-refractivity contribution in [3.8, 4) is 11.4 Å². The third kappa shape index (κ3) is 5.72. The van der Waals surface area contributed by atoms with Crippen LogP contribution in [0.2, 0.25) is 5.02 Å². The van der Waals surface area contributed by atoms with Gasteiger partial charge >= 0.3 is 6.03 Å². The maximum absolute atomic E-state index is 12.0. The normalized spacial score (nSPS) is 10.5. The van der Waals surface area contributed by atoms with Crippen molar-refractivity contribution < 1.29 is 14.0 Å². The van der Waals surface area contributed by atoms with Gasteiger partial charge in [-0.25, -0.2) is 4.79 Å². The summed E-state index contributed by atoms with van der Waals surface area (Å²) in [6.45, 7) is 4.16. The number of carbonyl (C=O) groups is 2. The average molecular weight is 432 g/mol. The van der Waals surface area contributed by atoms with Gasteiger partial charge in [0.05, 0.1) is 18.6 Å². The van der Waals surface area contributed by atoms with E-state index in [0.29, 0.717) is 22.5 Å². The number of furan rings is 1. The fraction of sp³-hybridized carbons (Fsp3) is 0.158. The van der Waals surface area contributed by atoms with Crippen molar-refractivity contribution in [2.75, 3.05) is 12.3 Å². The zero-order chi connectivity index (χ0) is 20.6. The highest BCUT2D eigenvalue weighted by atomic mass is 35.5. The minimum absolute atomic E-state index is 0.00157. The highest BCUT2D eigenvalue weighted by Crippen LogP contribution is 2.26. The van der Waals surface area contributed by atoms with Gasteiger partial charge in [0.1, 0.15) is 5.76 Å². The molecule has 0 saturated carbocycles. The fourth-order valence-electron chi connectivity index (χ4n) is 2.41. The molecular formula is C19H18ClN5O3S. The number of thioether (sulfide) groups is 1. The molecule has 1 aromatic carbocycles. The first-order valence-electron chi connectivity index (χ1n) is 8.59. The number of imide groups is 1. The summed E-state index contributed by atoms with van der Waals surface area (Å²) in [4.78, 5) is 23.6. The van der Waals surface area contributed by atoms with E-state index >= 15 is 0 Å². The molecule has 2 heterocycles. The van der Waals surface area contributed by atoms with Crippen LogP contribution in [0.1, 0.15) is 5.76 Å². The number of nitrogens with zero attached hydrogens (tertiary/aromatic N) is 3. The zero-order valence-electron chi connectivity index (χ0n) is 15.3. The molecule has 3 rings (SSSR count). The van der Waals surface area contributed by atoms with Crippen LogP contribution in [0.15, 0.2) is 64.9 Å².